The number of rotatable bonds is 6. The number of nitrogens with zero attached hydrogens (tertiary/aromatic N) is 2. The summed E-state index contributed by atoms with van der Waals surface area (Å²) in [5, 5.41) is 3.53. The van der Waals surface area contributed by atoms with E-state index in [9.17, 15) is 22.0 Å². The number of halogens is 3. The molecule has 30 heavy (non-hydrogen) atoms. The Labute approximate surface area is 179 Å². The van der Waals surface area contributed by atoms with Gasteiger partial charge < -0.3 is 5.32 Å². The molecule has 2 aromatic rings. The second kappa shape index (κ2) is 9.38. The minimum atomic E-state index is -3.92. The number of carbonyl (C=O) groups is 1. The molecule has 1 fully saturated rings. The first-order valence-electron chi connectivity index (χ1n) is 9.39. The number of hydrogen-bond acceptors (Lipinski definition) is 4. The molecule has 162 valence electrons. The van der Waals surface area contributed by atoms with E-state index in [1.54, 1.807) is 12.1 Å². The van der Waals surface area contributed by atoms with E-state index in [-0.39, 0.29) is 36.5 Å². The third-order valence-electron chi connectivity index (χ3n) is 4.97. The molecule has 0 aromatic heterocycles. The van der Waals surface area contributed by atoms with Crippen LogP contribution in [-0.2, 0) is 14.8 Å². The Morgan fingerprint density at radius 3 is 2.30 bits per heavy atom. The largest absolute Gasteiger partial charge is 0.348 e. The SMILES string of the molecule is C[C@@H](NC(=O)CN1CCN(S(=O)(=O)c2ccc(F)c(F)c2)CC1)c1ccc(Cl)cc1. The topological polar surface area (TPSA) is 69.7 Å². The molecule has 10 heteroatoms. The number of hydrogen-bond donors (Lipinski definition) is 1. The average Bonchev–Trinajstić information content (AvgIpc) is 2.70. The van der Waals surface area contributed by atoms with E-state index >= 15 is 0 Å². The predicted molar refractivity (Wildman–Crippen MR) is 110 cm³/mol. The third-order valence-corrected chi connectivity index (χ3v) is 7.12. The van der Waals surface area contributed by atoms with Crippen LogP contribution in [0.2, 0.25) is 5.02 Å². The molecule has 1 amide bonds. The normalized spacial score (nSPS) is 16.9. The van der Waals surface area contributed by atoms with Crippen LogP contribution in [0.5, 0.6) is 0 Å². The molecule has 0 unspecified atom stereocenters. The zero-order valence-corrected chi connectivity index (χ0v) is 17.9. The molecule has 0 aliphatic carbocycles. The van der Waals surface area contributed by atoms with E-state index in [0.29, 0.717) is 24.2 Å². The van der Waals surface area contributed by atoms with Crippen LogP contribution < -0.4 is 5.32 Å². The highest BCUT2D eigenvalue weighted by atomic mass is 35.5. The van der Waals surface area contributed by atoms with Gasteiger partial charge in [0, 0.05) is 31.2 Å². The lowest BCUT2D eigenvalue weighted by Crippen LogP contribution is -2.51. The van der Waals surface area contributed by atoms with Crippen LogP contribution in [0.1, 0.15) is 18.5 Å². The van der Waals surface area contributed by atoms with Gasteiger partial charge in [-0.05, 0) is 42.8 Å². The summed E-state index contributed by atoms with van der Waals surface area (Å²) in [5.74, 6) is -2.48. The van der Waals surface area contributed by atoms with Crippen LogP contribution >= 0.6 is 11.6 Å². The number of carbonyl (C=O) groups excluding carboxylic acids is 1. The van der Waals surface area contributed by atoms with E-state index in [2.05, 4.69) is 5.32 Å². The summed E-state index contributed by atoms with van der Waals surface area (Å²) in [6, 6.07) is 9.53. The highest BCUT2D eigenvalue weighted by Crippen LogP contribution is 2.20. The van der Waals surface area contributed by atoms with Crippen molar-refractivity contribution in [2.45, 2.75) is 17.9 Å². The van der Waals surface area contributed by atoms with Crippen molar-refractivity contribution >= 4 is 27.5 Å². The summed E-state index contributed by atoms with van der Waals surface area (Å²) in [6.07, 6.45) is 0. The molecule has 3 rings (SSSR count). The van der Waals surface area contributed by atoms with Crippen LogP contribution in [0.15, 0.2) is 47.4 Å². The van der Waals surface area contributed by atoms with Crippen molar-refractivity contribution in [2.75, 3.05) is 32.7 Å². The van der Waals surface area contributed by atoms with E-state index in [1.165, 1.54) is 4.31 Å². The standard InChI is InChI=1S/C20H22ClF2N3O3S/c1-14(15-2-4-16(21)5-3-15)24-20(27)13-25-8-10-26(11-9-25)30(28,29)17-6-7-18(22)19(23)12-17/h2-7,12,14H,8-11,13H2,1H3,(H,24,27)/t14-/m1/s1. The van der Waals surface area contributed by atoms with Crippen molar-refractivity contribution in [3.05, 3.63) is 64.7 Å². The molecule has 0 saturated carbocycles. The van der Waals surface area contributed by atoms with E-state index in [0.717, 1.165) is 17.7 Å². The van der Waals surface area contributed by atoms with E-state index in [1.807, 2.05) is 24.0 Å². The molecule has 1 heterocycles. The Bertz CT molecular complexity index is 1010. The zero-order chi connectivity index (χ0) is 21.9. The number of nitrogens with one attached hydrogen (secondary N) is 1. The molecule has 1 aliphatic rings. The number of sulfonamides is 1. The molecule has 6 nitrogen and oxygen atoms in total. The fourth-order valence-electron chi connectivity index (χ4n) is 3.24. The number of amides is 1. The van der Waals surface area contributed by atoms with Gasteiger partial charge in [-0.15, -0.1) is 0 Å². The van der Waals surface area contributed by atoms with Crippen LogP contribution in [0.4, 0.5) is 8.78 Å². The van der Waals surface area contributed by atoms with E-state index < -0.39 is 21.7 Å². The molecular formula is C20H22ClF2N3O3S. The van der Waals surface area contributed by atoms with Gasteiger partial charge >= 0.3 is 0 Å². The number of benzene rings is 2. The van der Waals surface area contributed by atoms with Crippen molar-refractivity contribution in [3.63, 3.8) is 0 Å². The maximum absolute atomic E-state index is 13.4. The van der Waals surface area contributed by atoms with Crippen LogP contribution in [-0.4, -0.2) is 56.3 Å². The maximum Gasteiger partial charge on any atom is 0.243 e. The Morgan fingerprint density at radius 1 is 1.07 bits per heavy atom. The van der Waals surface area contributed by atoms with E-state index in [4.69, 9.17) is 11.6 Å². The van der Waals surface area contributed by atoms with Gasteiger partial charge in [-0.2, -0.15) is 4.31 Å². The van der Waals surface area contributed by atoms with Crippen LogP contribution in [0, 0.1) is 11.6 Å². The fourth-order valence-corrected chi connectivity index (χ4v) is 4.80. The minimum Gasteiger partial charge on any atom is -0.348 e. The quantitative estimate of drug-likeness (QED) is 0.724. The van der Waals surface area contributed by atoms with Crippen LogP contribution in [0.25, 0.3) is 0 Å². The summed E-state index contributed by atoms with van der Waals surface area (Å²) in [5.41, 5.74) is 0.926. The van der Waals surface area contributed by atoms with Gasteiger partial charge in [-0.3, -0.25) is 9.69 Å². The fraction of sp³-hybridized carbons (Fsp3) is 0.350. The van der Waals surface area contributed by atoms with Gasteiger partial charge in [0.25, 0.3) is 0 Å². The Balaban J connectivity index is 1.53. The zero-order valence-electron chi connectivity index (χ0n) is 16.3. The summed E-state index contributed by atoms with van der Waals surface area (Å²) in [4.78, 5) is 13.9. The molecule has 1 aliphatic heterocycles. The highest BCUT2D eigenvalue weighted by molar-refractivity contribution is 7.89. The second-order valence-corrected chi connectivity index (χ2v) is 9.47. The summed E-state index contributed by atoms with van der Waals surface area (Å²) < 4.78 is 53.0. The minimum absolute atomic E-state index is 0.136. The highest BCUT2D eigenvalue weighted by Gasteiger charge is 2.29. The molecular weight excluding hydrogens is 436 g/mol. The van der Waals surface area contributed by atoms with Gasteiger partial charge in [0.05, 0.1) is 17.5 Å². The molecule has 0 bridgehead atoms. The molecule has 1 atom stereocenters. The Hall–Kier alpha value is -2.07. The Morgan fingerprint density at radius 2 is 1.70 bits per heavy atom. The summed E-state index contributed by atoms with van der Waals surface area (Å²) in [6.45, 7) is 3.02. The van der Waals surface area contributed by atoms with Gasteiger partial charge in [-0.1, -0.05) is 23.7 Å². The first-order valence-corrected chi connectivity index (χ1v) is 11.2. The van der Waals surface area contributed by atoms with Crippen molar-refractivity contribution in [1.29, 1.82) is 0 Å². The van der Waals surface area contributed by atoms with Crippen molar-refractivity contribution in [3.8, 4) is 0 Å². The Kier molecular flexibility index (Phi) is 7.07. The molecule has 2 aromatic carbocycles. The number of piperazine rings is 1. The summed E-state index contributed by atoms with van der Waals surface area (Å²) in [7, 11) is -3.92. The van der Waals surface area contributed by atoms with Gasteiger partial charge in [0.15, 0.2) is 11.6 Å². The first-order chi connectivity index (χ1) is 14.2. The lowest BCUT2D eigenvalue weighted by atomic mass is 10.1. The lowest BCUT2D eigenvalue weighted by molar-refractivity contribution is -0.123. The second-order valence-electron chi connectivity index (χ2n) is 7.10. The molecule has 0 radical (unpaired) electrons. The average molecular weight is 458 g/mol. The molecule has 1 saturated heterocycles. The predicted octanol–water partition coefficient (Wildman–Crippen LogP) is 2.80. The smallest absolute Gasteiger partial charge is 0.243 e. The van der Waals surface area contributed by atoms with Gasteiger partial charge in [-0.25, -0.2) is 17.2 Å². The molecule has 1 N–H and O–H groups in total. The molecule has 0 spiro atoms. The van der Waals surface area contributed by atoms with Gasteiger partial charge in [0.1, 0.15) is 0 Å². The van der Waals surface area contributed by atoms with Crippen LogP contribution in [0.3, 0.4) is 0 Å². The summed E-state index contributed by atoms with van der Waals surface area (Å²) >= 11 is 5.87. The third kappa shape index (κ3) is 5.34. The maximum atomic E-state index is 13.4. The van der Waals surface area contributed by atoms with Crippen molar-refractivity contribution in [2.24, 2.45) is 0 Å². The lowest BCUT2D eigenvalue weighted by Gasteiger charge is -2.33. The van der Waals surface area contributed by atoms with Gasteiger partial charge in [0.2, 0.25) is 15.9 Å². The van der Waals surface area contributed by atoms with Crippen molar-refractivity contribution in [1.82, 2.24) is 14.5 Å². The van der Waals surface area contributed by atoms with Crippen molar-refractivity contribution < 1.29 is 22.0 Å². The monoisotopic (exact) mass is 457 g/mol. The first kappa shape index (κ1) is 22.6.